The van der Waals surface area contributed by atoms with E-state index in [9.17, 15) is 9.59 Å². The Bertz CT molecular complexity index is 1200. The zero-order valence-electron chi connectivity index (χ0n) is 19.7. The molecule has 1 fully saturated rings. The third-order valence-corrected chi connectivity index (χ3v) is 6.46. The van der Waals surface area contributed by atoms with Gasteiger partial charge in [0.05, 0.1) is 19.2 Å². The molecule has 0 atom stereocenters. The molecule has 0 spiro atoms. The minimum atomic E-state index is -0.378. The van der Waals surface area contributed by atoms with Gasteiger partial charge in [-0.3, -0.25) is 4.90 Å². The number of carbonyl (C=O) groups is 2. The van der Waals surface area contributed by atoms with Crippen LogP contribution in [-0.4, -0.2) is 43.9 Å². The van der Waals surface area contributed by atoms with Crippen molar-refractivity contribution in [2.24, 2.45) is 0 Å². The van der Waals surface area contributed by atoms with Crippen LogP contribution in [0.25, 0.3) is 11.1 Å². The molecular weight excluding hydrogens is 444 g/mol. The van der Waals surface area contributed by atoms with Crippen LogP contribution in [-0.2, 0) is 11.3 Å². The third-order valence-electron chi connectivity index (χ3n) is 6.46. The number of hydrogen-bond acceptors (Lipinski definition) is 5. The molecule has 7 nitrogen and oxygen atoms in total. The van der Waals surface area contributed by atoms with Crippen molar-refractivity contribution in [2.45, 2.75) is 25.8 Å². The number of rotatable bonds is 5. The number of likely N-dealkylation sites (tertiary alicyclic amines) is 1. The summed E-state index contributed by atoms with van der Waals surface area (Å²) >= 11 is 0. The van der Waals surface area contributed by atoms with E-state index < -0.39 is 0 Å². The molecule has 3 aromatic carbocycles. The van der Waals surface area contributed by atoms with Crippen molar-refractivity contribution in [3.63, 3.8) is 0 Å². The summed E-state index contributed by atoms with van der Waals surface area (Å²) in [6.07, 6.45) is 3.20. The van der Waals surface area contributed by atoms with E-state index in [1.165, 1.54) is 7.11 Å². The summed E-state index contributed by atoms with van der Waals surface area (Å²) in [5, 5.41) is 0. The lowest BCUT2D eigenvalue weighted by atomic mass is 10.0. The predicted molar refractivity (Wildman–Crippen MR) is 133 cm³/mol. The van der Waals surface area contributed by atoms with Gasteiger partial charge in [-0.2, -0.15) is 0 Å². The molecule has 5 rings (SSSR count). The van der Waals surface area contributed by atoms with Gasteiger partial charge in [0.15, 0.2) is 11.5 Å². The molecule has 2 amide bonds. The first-order valence-electron chi connectivity index (χ1n) is 11.9. The van der Waals surface area contributed by atoms with Crippen LogP contribution in [0.4, 0.5) is 10.5 Å². The zero-order chi connectivity index (χ0) is 24.2. The first-order chi connectivity index (χ1) is 17.1. The fraction of sp³-hybridized carbons (Fsp3) is 0.286. The standard InChI is InChI=1S/C28H28N2O5/c1-33-27(31)22-7-5-20(6-8-22)18-30(28(32)29-15-3-2-4-16-29)24-12-9-21(10-13-24)23-11-14-25-26(17-23)35-19-34-25/h5-14,17H,2-4,15-16,18-19H2,1H3. The second-order valence-electron chi connectivity index (χ2n) is 8.72. The van der Waals surface area contributed by atoms with E-state index in [1.54, 1.807) is 12.1 Å². The maximum absolute atomic E-state index is 13.6. The largest absolute Gasteiger partial charge is 0.465 e. The summed E-state index contributed by atoms with van der Waals surface area (Å²) in [7, 11) is 1.36. The molecule has 0 saturated carbocycles. The first-order valence-corrected chi connectivity index (χ1v) is 11.9. The lowest BCUT2D eigenvalue weighted by molar-refractivity contribution is 0.0600. The van der Waals surface area contributed by atoms with E-state index in [-0.39, 0.29) is 18.8 Å². The number of anilines is 1. The summed E-state index contributed by atoms with van der Waals surface area (Å²) in [6.45, 7) is 2.18. The molecule has 0 unspecified atom stereocenters. The van der Waals surface area contributed by atoms with Crippen LogP contribution in [0.5, 0.6) is 11.5 Å². The zero-order valence-corrected chi connectivity index (χ0v) is 19.7. The molecule has 2 aliphatic heterocycles. The van der Waals surface area contributed by atoms with Crippen LogP contribution >= 0.6 is 0 Å². The number of hydrogen-bond donors (Lipinski definition) is 0. The van der Waals surface area contributed by atoms with E-state index in [0.717, 1.165) is 66.2 Å². The highest BCUT2D eigenvalue weighted by Crippen LogP contribution is 2.36. The van der Waals surface area contributed by atoms with E-state index in [4.69, 9.17) is 14.2 Å². The average molecular weight is 473 g/mol. The van der Waals surface area contributed by atoms with E-state index >= 15 is 0 Å². The molecular formula is C28H28N2O5. The van der Waals surface area contributed by atoms with Crippen LogP contribution in [0.2, 0.25) is 0 Å². The van der Waals surface area contributed by atoms with Gasteiger partial charge < -0.3 is 19.1 Å². The monoisotopic (exact) mass is 472 g/mol. The van der Waals surface area contributed by atoms with Crippen molar-refractivity contribution in [2.75, 3.05) is 31.9 Å². The van der Waals surface area contributed by atoms with Crippen LogP contribution < -0.4 is 14.4 Å². The third kappa shape index (κ3) is 4.94. The highest BCUT2D eigenvalue weighted by molar-refractivity contribution is 5.92. The summed E-state index contributed by atoms with van der Waals surface area (Å²) < 4.78 is 15.7. The summed E-state index contributed by atoms with van der Waals surface area (Å²) in [5.41, 5.74) is 4.29. The van der Waals surface area contributed by atoms with Crippen LogP contribution in [0.3, 0.4) is 0 Å². The SMILES string of the molecule is COC(=O)c1ccc(CN(C(=O)N2CCCCC2)c2ccc(-c3ccc4c(c3)OCO4)cc2)cc1. The second-order valence-corrected chi connectivity index (χ2v) is 8.72. The van der Waals surface area contributed by atoms with Gasteiger partial charge in [-0.15, -0.1) is 0 Å². The minimum absolute atomic E-state index is 0.00225. The molecule has 35 heavy (non-hydrogen) atoms. The smallest absolute Gasteiger partial charge is 0.337 e. The Morgan fingerprint density at radius 3 is 2.26 bits per heavy atom. The number of amides is 2. The van der Waals surface area contributed by atoms with Gasteiger partial charge in [0.25, 0.3) is 0 Å². The number of nitrogens with zero attached hydrogens (tertiary/aromatic N) is 2. The van der Waals surface area contributed by atoms with E-state index in [0.29, 0.717) is 12.1 Å². The number of carbonyl (C=O) groups excluding carboxylic acids is 2. The van der Waals surface area contributed by atoms with Gasteiger partial charge in [-0.1, -0.05) is 30.3 Å². The van der Waals surface area contributed by atoms with Crippen molar-refractivity contribution in [1.29, 1.82) is 0 Å². The highest BCUT2D eigenvalue weighted by atomic mass is 16.7. The lowest BCUT2D eigenvalue weighted by Gasteiger charge is -2.33. The Morgan fingerprint density at radius 2 is 1.54 bits per heavy atom. The van der Waals surface area contributed by atoms with Gasteiger partial charge in [-0.25, -0.2) is 9.59 Å². The minimum Gasteiger partial charge on any atom is -0.465 e. The number of urea groups is 1. The average Bonchev–Trinajstić information content (AvgIpc) is 3.40. The fourth-order valence-corrected chi connectivity index (χ4v) is 4.48. The van der Waals surface area contributed by atoms with Crippen molar-refractivity contribution in [3.8, 4) is 22.6 Å². The van der Waals surface area contributed by atoms with Gasteiger partial charge in [0, 0.05) is 18.8 Å². The summed E-state index contributed by atoms with van der Waals surface area (Å²) in [6, 6.07) is 21.1. The number of ether oxygens (including phenoxy) is 3. The van der Waals surface area contributed by atoms with Gasteiger partial charge in [-0.05, 0) is 72.4 Å². The van der Waals surface area contributed by atoms with Gasteiger partial charge in [0.1, 0.15) is 0 Å². The topological polar surface area (TPSA) is 68.3 Å². The van der Waals surface area contributed by atoms with Crippen molar-refractivity contribution >= 4 is 17.7 Å². The Morgan fingerprint density at radius 1 is 0.857 bits per heavy atom. The number of benzene rings is 3. The molecule has 2 heterocycles. The Balaban J connectivity index is 1.40. The Kier molecular flexibility index (Phi) is 6.57. The van der Waals surface area contributed by atoms with Crippen molar-refractivity contribution in [1.82, 2.24) is 4.90 Å². The Hall–Kier alpha value is -4.00. The van der Waals surface area contributed by atoms with Crippen LogP contribution in [0.15, 0.2) is 66.7 Å². The quantitative estimate of drug-likeness (QED) is 0.460. The van der Waals surface area contributed by atoms with E-state index in [2.05, 4.69) is 0 Å². The van der Waals surface area contributed by atoms with Gasteiger partial charge >= 0.3 is 12.0 Å². The molecule has 0 aromatic heterocycles. The maximum Gasteiger partial charge on any atom is 0.337 e. The number of fused-ring (bicyclic) bond motifs is 1. The molecule has 0 aliphatic carbocycles. The first kappa shape index (κ1) is 22.8. The lowest BCUT2D eigenvalue weighted by Crippen LogP contribution is -2.45. The summed E-state index contributed by atoms with van der Waals surface area (Å²) in [5.74, 6) is 1.11. The molecule has 1 saturated heterocycles. The molecule has 0 N–H and O–H groups in total. The molecule has 2 aliphatic rings. The van der Waals surface area contributed by atoms with Gasteiger partial charge in [0.2, 0.25) is 6.79 Å². The summed E-state index contributed by atoms with van der Waals surface area (Å²) in [4.78, 5) is 29.1. The van der Waals surface area contributed by atoms with E-state index in [1.807, 2.05) is 64.4 Å². The number of methoxy groups -OCH3 is 1. The highest BCUT2D eigenvalue weighted by Gasteiger charge is 2.24. The number of esters is 1. The molecule has 3 aromatic rings. The normalized spacial score (nSPS) is 14.5. The van der Waals surface area contributed by atoms with Crippen LogP contribution in [0, 0.1) is 0 Å². The molecule has 7 heteroatoms. The fourth-order valence-electron chi connectivity index (χ4n) is 4.48. The van der Waals surface area contributed by atoms with Crippen molar-refractivity contribution < 1.29 is 23.8 Å². The Labute approximate surface area is 204 Å². The molecule has 0 radical (unpaired) electrons. The van der Waals surface area contributed by atoms with Crippen molar-refractivity contribution in [3.05, 3.63) is 77.9 Å². The molecule has 0 bridgehead atoms. The molecule has 180 valence electrons. The van der Waals surface area contributed by atoms with Crippen LogP contribution in [0.1, 0.15) is 35.2 Å². The predicted octanol–water partition coefficient (Wildman–Crippen LogP) is 5.48. The second kappa shape index (κ2) is 10.1. The number of piperidine rings is 1. The maximum atomic E-state index is 13.6.